The first-order chi connectivity index (χ1) is 20.5. The molecule has 0 aromatic heterocycles. The number of benzene rings is 4. The molecule has 4 aromatic carbocycles. The minimum atomic E-state index is -1.25. The van der Waals surface area contributed by atoms with E-state index in [1.165, 1.54) is 17.0 Å². The third kappa shape index (κ3) is 8.56. The highest BCUT2D eigenvalue weighted by Crippen LogP contribution is 2.28. The number of hydrogen-bond donors (Lipinski definition) is 4. The number of carbonyl (C=O) groups excluding carboxylic acids is 3. The zero-order valence-electron chi connectivity index (χ0n) is 24.5. The normalized spacial score (nSPS) is 12.7. The van der Waals surface area contributed by atoms with E-state index in [4.69, 9.17) is 4.74 Å². The van der Waals surface area contributed by atoms with Gasteiger partial charge in [0.1, 0.15) is 23.4 Å². The highest BCUT2D eigenvalue weighted by atomic mass is 16.6. The molecule has 4 aromatic rings. The van der Waals surface area contributed by atoms with E-state index in [0.29, 0.717) is 11.3 Å². The molecule has 0 spiro atoms. The van der Waals surface area contributed by atoms with Crippen LogP contribution < -0.4 is 10.6 Å². The largest absolute Gasteiger partial charge is 0.508 e. The first-order valence-electron chi connectivity index (χ1n) is 14.1. The van der Waals surface area contributed by atoms with Gasteiger partial charge < -0.3 is 30.5 Å². The van der Waals surface area contributed by atoms with Crippen molar-refractivity contribution < 1.29 is 29.3 Å². The molecule has 224 valence electrons. The van der Waals surface area contributed by atoms with Crippen molar-refractivity contribution in [3.05, 3.63) is 108 Å². The second-order valence-electron chi connectivity index (χ2n) is 11.2. The fraction of sp³-hybridized carbons (Fsp3) is 0.265. The lowest BCUT2D eigenvalue weighted by atomic mass is 10.00. The lowest BCUT2D eigenvalue weighted by molar-refractivity contribution is -0.141. The molecule has 0 radical (unpaired) electrons. The molecule has 3 amide bonds. The summed E-state index contributed by atoms with van der Waals surface area (Å²) in [5.41, 5.74) is 0.808. The van der Waals surface area contributed by atoms with Gasteiger partial charge in [0.05, 0.1) is 6.61 Å². The zero-order valence-corrected chi connectivity index (χ0v) is 24.5. The maximum Gasteiger partial charge on any atom is 0.408 e. The number of carbonyl (C=O) groups is 3. The van der Waals surface area contributed by atoms with Crippen molar-refractivity contribution in [3.8, 4) is 5.75 Å². The zero-order chi connectivity index (χ0) is 31.0. The van der Waals surface area contributed by atoms with E-state index in [1.807, 2.05) is 66.7 Å². The van der Waals surface area contributed by atoms with Crippen molar-refractivity contribution in [2.24, 2.45) is 0 Å². The topological polar surface area (TPSA) is 128 Å². The standard InChI is InChI=1S/C34H37N3O6/c1-34(2,3)43-33(42)36-29(20-23-10-5-4-6-11-23)32(41)37(18-19-38)30(26-14-9-15-28(39)22-26)31(40)35-27-17-16-24-12-7-8-13-25(24)21-27/h4-17,21-22,29-30,38-39H,18-20H2,1-3H3,(H,35,40)(H,36,42). The van der Waals surface area contributed by atoms with E-state index in [-0.39, 0.29) is 18.7 Å². The van der Waals surface area contributed by atoms with Gasteiger partial charge >= 0.3 is 6.09 Å². The quantitative estimate of drug-likeness (QED) is 0.204. The monoisotopic (exact) mass is 583 g/mol. The molecule has 9 nitrogen and oxygen atoms in total. The second-order valence-corrected chi connectivity index (χ2v) is 11.2. The number of nitrogens with zero attached hydrogens (tertiary/aromatic N) is 1. The minimum Gasteiger partial charge on any atom is -0.508 e. The molecule has 0 fully saturated rings. The molecule has 0 aliphatic rings. The van der Waals surface area contributed by atoms with Crippen LogP contribution in [0.25, 0.3) is 10.8 Å². The van der Waals surface area contributed by atoms with Crippen molar-refractivity contribution in [1.82, 2.24) is 10.2 Å². The Balaban J connectivity index is 1.72. The Hall–Kier alpha value is -4.89. The number of fused-ring (bicyclic) bond motifs is 1. The van der Waals surface area contributed by atoms with Gasteiger partial charge in [0.2, 0.25) is 5.91 Å². The highest BCUT2D eigenvalue weighted by molar-refractivity contribution is 6.00. The predicted octanol–water partition coefficient (Wildman–Crippen LogP) is 5.18. The van der Waals surface area contributed by atoms with Gasteiger partial charge in [-0.1, -0.05) is 72.8 Å². The number of ether oxygens (including phenoxy) is 1. The van der Waals surface area contributed by atoms with E-state index in [9.17, 15) is 24.6 Å². The molecular formula is C34H37N3O6. The van der Waals surface area contributed by atoms with Crippen LogP contribution >= 0.6 is 0 Å². The van der Waals surface area contributed by atoms with Crippen LogP contribution in [0.4, 0.5) is 10.5 Å². The summed E-state index contributed by atoms with van der Waals surface area (Å²) in [6, 6.07) is 26.0. The van der Waals surface area contributed by atoms with Gasteiger partial charge in [0, 0.05) is 18.7 Å². The molecule has 0 aliphatic carbocycles. The van der Waals surface area contributed by atoms with Gasteiger partial charge in [-0.25, -0.2) is 4.79 Å². The van der Waals surface area contributed by atoms with Crippen molar-refractivity contribution >= 4 is 34.4 Å². The SMILES string of the molecule is CC(C)(C)OC(=O)NC(Cc1ccccc1)C(=O)N(CCO)C(C(=O)Nc1ccc2ccccc2c1)c1cccc(O)c1. The van der Waals surface area contributed by atoms with E-state index in [0.717, 1.165) is 16.3 Å². The van der Waals surface area contributed by atoms with Crippen molar-refractivity contribution in [1.29, 1.82) is 0 Å². The van der Waals surface area contributed by atoms with E-state index < -0.39 is 42.2 Å². The fourth-order valence-corrected chi connectivity index (χ4v) is 4.82. The summed E-state index contributed by atoms with van der Waals surface area (Å²) in [6.07, 6.45) is -0.680. The maximum absolute atomic E-state index is 14.3. The Morgan fingerprint density at radius 2 is 1.56 bits per heavy atom. The predicted molar refractivity (Wildman–Crippen MR) is 166 cm³/mol. The smallest absolute Gasteiger partial charge is 0.408 e. The van der Waals surface area contributed by atoms with E-state index >= 15 is 0 Å². The summed E-state index contributed by atoms with van der Waals surface area (Å²) < 4.78 is 5.44. The van der Waals surface area contributed by atoms with Crippen LogP contribution in [0, 0.1) is 0 Å². The van der Waals surface area contributed by atoms with Gasteiger partial charge in [-0.3, -0.25) is 9.59 Å². The number of anilines is 1. The Morgan fingerprint density at radius 1 is 0.860 bits per heavy atom. The summed E-state index contributed by atoms with van der Waals surface area (Å²) >= 11 is 0. The molecule has 0 saturated heterocycles. The van der Waals surface area contributed by atoms with Gasteiger partial charge in [-0.2, -0.15) is 0 Å². The second kappa shape index (κ2) is 13.8. The van der Waals surface area contributed by atoms with Crippen LogP contribution in [-0.4, -0.2) is 57.8 Å². The Kier molecular flexibility index (Phi) is 10.0. The third-order valence-electron chi connectivity index (χ3n) is 6.66. The molecule has 2 unspecified atom stereocenters. The van der Waals surface area contributed by atoms with Crippen LogP contribution in [0.2, 0.25) is 0 Å². The maximum atomic E-state index is 14.3. The molecule has 0 aliphatic heterocycles. The molecular weight excluding hydrogens is 546 g/mol. The van der Waals surface area contributed by atoms with Gasteiger partial charge in [0.25, 0.3) is 5.91 Å². The highest BCUT2D eigenvalue weighted by Gasteiger charge is 2.36. The number of aliphatic hydroxyl groups is 1. The van der Waals surface area contributed by atoms with Crippen LogP contribution in [0.15, 0.2) is 97.1 Å². The molecule has 0 saturated carbocycles. The van der Waals surface area contributed by atoms with Crippen LogP contribution in [-0.2, 0) is 20.7 Å². The van der Waals surface area contributed by atoms with Gasteiger partial charge in [-0.15, -0.1) is 0 Å². The third-order valence-corrected chi connectivity index (χ3v) is 6.66. The lowest BCUT2D eigenvalue weighted by Gasteiger charge is -2.34. The number of rotatable bonds is 10. The van der Waals surface area contributed by atoms with Gasteiger partial charge in [-0.05, 0) is 66.9 Å². The molecule has 2 atom stereocenters. The number of aliphatic hydroxyl groups excluding tert-OH is 1. The Morgan fingerprint density at radius 3 is 2.23 bits per heavy atom. The number of amides is 3. The number of nitrogens with one attached hydrogen (secondary N) is 2. The molecule has 0 bridgehead atoms. The number of aromatic hydroxyl groups is 1. The van der Waals surface area contributed by atoms with Gasteiger partial charge in [0.15, 0.2) is 0 Å². The molecule has 4 N–H and O–H groups in total. The number of phenolic OH excluding ortho intramolecular Hbond substituents is 1. The first kappa shape index (κ1) is 31.1. The molecule has 43 heavy (non-hydrogen) atoms. The summed E-state index contributed by atoms with van der Waals surface area (Å²) in [4.78, 5) is 42.3. The van der Waals surface area contributed by atoms with Crippen LogP contribution in [0.3, 0.4) is 0 Å². The number of hydrogen-bond acceptors (Lipinski definition) is 6. The van der Waals surface area contributed by atoms with E-state index in [1.54, 1.807) is 39.0 Å². The molecule has 0 heterocycles. The van der Waals surface area contributed by atoms with Crippen molar-refractivity contribution in [3.63, 3.8) is 0 Å². The minimum absolute atomic E-state index is 0.0925. The van der Waals surface area contributed by atoms with Crippen LogP contribution in [0.1, 0.15) is 37.9 Å². The summed E-state index contributed by atoms with van der Waals surface area (Å²) in [5, 5.41) is 27.8. The average Bonchev–Trinajstić information content (AvgIpc) is 2.96. The lowest BCUT2D eigenvalue weighted by Crippen LogP contribution is -2.53. The average molecular weight is 584 g/mol. The molecule has 9 heteroatoms. The summed E-state index contributed by atoms with van der Waals surface area (Å²) in [6.45, 7) is 4.48. The number of phenols is 1. The molecule has 4 rings (SSSR count). The fourth-order valence-electron chi connectivity index (χ4n) is 4.82. The Bertz CT molecular complexity index is 1570. The van der Waals surface area contributed by atoms with Crippen LogP contribution in [0.5, 0.6) is 5.75 Å². The summed E-state index contributed by atoms with van der Waals surface area (Å²) in [7, 11) is 0. The Labute approximate surface area is 251 Å². The van der Waals surface area contributed by atoms with E-state index in [2.05, 4.69) is 10.6 Å². The summed E-state index contributed by atoms with van der Waals surface area (Å²) in [5.74, 6) is -1.26. The number of alkyl carbamates (subject to hydrolysis) is 1. The first-order valence-corrected chi connectivity index (χ1v) is 14.1. The van der Waals surface area contributed by atoms with Crippen molar-refractivity contribution in [2.45, 2.75) is 44.9 Å². The van der Waals surface area contributed by atoms with Crippen molar-refractivity contribution in [2.75, 3.05) is 18.5 Å².